The number of amides is 1. The summed E-state index contributed by atoms with van der Waals surface area (Å²) in [6.07, 6.45) is 3.70. The van der Waals surface area contributed by atoms with Crippen molar-refractivity contribution in [3.05, 3.63) is 35.3 Å². The molecule has 0 unspecified atom stereocenters. The molecule has 0 aromatic carbocycles. The second kappa shape index (κ2) is 5.56. The molecule has 2 heterocycles. The van der Waals surface area contributed by atoms with Gasteiger partial charge in [-0.1, -0.05) is 0 Å². The van der Waals surface area contributed by atoms with E-state index in [1.807, 2.05) is 6.07 Å². The molecule has 4 rings (SSSR count). The van der Waals surface area contributed by atoms with Gasteiger partial charge in [0.15, 0.2) is 11.5 Å². The molecule has 0 saturated heterocycles. The number of fused-ring (bicyclic) bond motifs is 3. The molecule has 25 heavy (non-hydrogen) atoms. The van der Waals surface area contributed by atoms with Crippen molar-refractivity contribution in [1.82, 2.24) is 20.1 Å². The van der Waals surface area contributed by atoms with Crippen molar-refractivity contribution in [3.8, 4) is 11.6 Å². The summed E-state index contributed by atoms with van der Waals surface area (Å²) in [5.41, 5.74) is 1.85. The summed E-state index contributed by atoms with van der Waals surface area (Å²) >= 11 is 0. The first-order valence-corrected chi connectivity index (χ1v) is 8.49. The van der Waals surface area contributed by atoms with Gasteiger partial charge in [0.05, 0.1) is 24.9 Å². The predicted octanol–water partition coefficient (Wildman–Crippen LogP) is 1.44. The molecule has 1 fully saturated rings. The number of pyridine rings is 1. The van der Waals surface area contributed by atoms with Gasteiger partial charge in [-0.2, -0.15) is 5.10 Å². The third-order valence-corrected chi connectivity index (χ3v) is 5.00. The molecular weight excluding hydrogens is 320 g/mol. The highest BCUT2D eigenvalue weighted by Gasteiger charge is 2.50. The zero-order chi connectivity index (χ0) is 17.8. The van der Waals surface area contributed by atoms with Crippen molar-refractivity contribution in [2.24, 2.45) is 5.92 Å². The molecule has 1 saturated carbocycles. The van der Waals surface area contributed by atoms with Crippen molar-refractivity contribution in [1.29, 1.82) is 0 Å². The Balaban J connectivity index is 1.76. The molecule has 0 spiro atoms. The van der Waals surface area contributed by atoms with Gasteiger partial charge in [0, 0.05) is 23.7 Å². The number of hydrogen-bond donors (Lipinski definition) is 2. The number of aliphatic hydroxyl groups is 1. The predicted molar refractivity (Wildman–Crippen MR) is 91.1 cm³/mol. The van der Waals surface area contributed by atoms with Gasteiger partial charge >= 0.3 is 0 Å². The Hall–Kier alpha value is -2.41. The number of carbonyl (C=O) groups excluding carboxylic acids is 1. The second-order valence-electron chi connectivity index (χ2n) is 7.48. The fourth-order valence-corrected chi connectivity index (χ4v) is 3.52. The fourth-order valence-electron chi connectivity index (χ4n) is 3.52. The molecular formula is C18H22N4O3. The summed E-state index contributed by atoms with van der Waals surface area (Å²) < 4.78 is 7.07. The molecule has 2 aromatic heterocycles. The molecule has 7 heteroatoms. The highest BCUT2D eigenvalue weighted by molar-refractivity contribution is 5.95. The highest BCUT2D eigenvalue weighted by atomic mass is 16.5. The molecule has 7 nitrogen and oxygen atoms in total. The van der Waals surface area contributed by atoms with Crippen molar-refractivity contribution in [2.45, 2.75) is 38.1 Å². The first-order valence-electron chi connectivity index (χ1n) is 8.49. The van der Waals surface area contributed by atoms with E-state index in [4.69, 9.17) is 4.74 Å². The van der Waals surface area contributed by atoms with Crippen LogP contribution in [0.5, 0.6) is 5.75 Å². The third kappa shape index (κ3) is 2.68. The number of carbonyl (C=O) groups is 1. The van der Waals surface area contributed by atoms with Crippen LogP contribution in [0.1, 0.15) is 47.9 Å². The quantitative estimate of drug-likeness (QED) is 0.858. The van der Waals surface area contributed by atoms with Gasteiger partial charge in [-0.05, 0) is 38.7 Å². The lowest BCUT2D eigenvalue weighted by molar-refractivity contribution is 0.0863. The smallest absolute Gasteiger partial charge is 0.272 e. The van der Waals surface area contributed by atoms with E-state index in [2.05, 4.69) is 15.4 Å². The minimum atomic E-state index is -0.691. The minimum Gasteiger partial charge on any atom is -0.497 e. The van der Waals surface area contributed by atoms with Gasteiger partial charge in [0.2, 0.25) is 0 Å². The molecule has 132 valence electrons. The van der Waals surface area contributed by atoms with Crippen LogP contribution in [0.25, 0.3) is 5.82 Å². The maximum absolute atomic E-state index is 12.7. The van der Waals surface area contributed by atoms with Crippen molar-refractivity contribution < 1.29 is 14.6 Å². The van der Waals surface area contributed by atoms with Crippen LogP contribution in [0.4, 0.5) is 0 Å². The number of methoxy groups -OCH3 is 1. The minimum absolute atomic E-state index is 0.135. The summed E-state index contributed by atoms with van der Waals surface area (Å²) in [4.78, 5) is 17.1. The first kappa shape index (κ1) is 16.1. The summed E-state index contributed by atoms with van der Waals surface area (Å²) in [5, 5.41) is 16.8. The van der Waals surface area contributed by atoms with Crippen LogP contribution in [0.2, 0.25) is 0 Å². The van der Waals surface area contributed by atoms with Crippen molar-refractivity contribution in [2.75, 3.05) is 13.7 Å². The van der Waals surface area contributed by atoms with Gasteiger partial charge in [-0.15, -0.1) is 0 Å². The normalized spacial score (nSPS) is 20.8. The second-order valence-corrected chi connectivity index (χ2v) is 7.48. The van der Waals surface area contributed by atoms with Gasteiger partial charge in [-0.25, -0.2) is 9.67 Å². The molecule has 1 amide bonds. The van der Waals surface area contributed by atoms with Crippen LogP contribution in [0.3, 0.4) is 0 Å². The van der Waals surface area contributed by atoms with E-state index in [1.165, 1.54) is 0 Å². The molecule has 2 aliphatic rings. The maximum Gasteiger partial charge on any atom is 0.272 e. The maximum atomic E-state index is 12.7. The monoisotopic (exact) mass is 342 g/mol. The van der Waals surface area contributed by atoms with Crippen molar-refractivity contribution in [3.63, 3.8) is 0 Å². The van der Waals surface area contributed by atoms with Crippen LogP contribution < -0.4 is 10.1 Å². The van der Waals surface area contributed by atoms with E-state index < -0.39 is 5.54 Å². The Bertz CT molecular complexity index is 843. The number of hydrogen-bond acceptors (Lipinski definition) is 5. The Morgan fingerprint density at radius 2 is 2.32 bits per heavy atom. The average molecular weight is 342 g/mol. The van der Waals surface area contributed by atoms with Gasteiger partial charge in [0.1, 0.15) is 5.75 Å². The fraction of sp³-hybridized carbons (Fsp3) is 0.500. The SMILES string of the molecule is COc1ccnc(-n2nc(C(=O)NC(C)(C)CO)c3c2[C@@H]2C[C@@H]2C3)c1. The summed E-state index contributed by atoms with van der Waals surface area (Å²) in [6.45, 7) is 3.43. The van der Waals surface area contributed by atoms with Crippen LogP contribution in [0.15, 0.2) is 18.3 Å². The number of aliphatic hydroxyl groups excluding tert-OH is 1. The van der Waals surface area contributed by atoms with E-state index in [0.29, 0.717) is 29.1 Å². The molecule has 2 atom stereocenters. The van der Waals surface area contributed by atoms with Gasteiger partial charge < -0.3 is 15.2 Å². The Kier molecular flexibility index (Phi) is 3.57. The van der Waals surface area contributed by atoms with Crippen LogP contribution >= 0.6 is 0 Å². The number of nitrogens with one attached hydrogen (secondary N) is 1. The Labute approximate surface area is 146 Å². The lowest BCUT2D eigenvalue weighted by Gasteiger charge is -2.23. The standard InChI is InChI=1S/C18H22N4O3/c1-18(2,9-23)20-17(24)15-13-7-10-6-12(10)16(13)22(21-15)14-8-11(25-3)4-5-19-14/h4-5,8,10,12,23H,6-7,9H2,1-3H3,(H,20,24)/t10-,12-/m1/s1. The van der Waals surface area contributed by atoms with Crippen LogP contribution in [-0.2, 0) is 6.42 Å². The zero-order valence-electron chi connectivity index (χ0n) is 14.6. The lowest BCUT2D eigenvalue weighted by Crippen LogP contribution is -2.46. The number of rotatable bonds is 5. The summed E-state index contributed by atoms with van der Waals surface area (Å²) in [6, 6.07) is 3.60. The van der Waals surface area contributed by atoms with Gasteiger partial charge in [0.25, 0.3) is 5.91 Å². The summed E-state index contributed by atoms with van der Waals surface area (Å²) in [5.74, 6) is 2.18. The van der Waals surface area contributed by atoms with E-state index in [-0.39, 0.29) is 12.5 Å². The van der Waals surface area contributed by atoms with E-state index in [0.717, 1.165) is 24.1 Å². The van der Waals surface area contributed by atoms with E-state index in [1.54, 1.807) is 37.9 Å². The largest absolute Gasteiger partial charge is 0.497 e. The Morgan fingerprint density at radius 1 is 1.52 bits per heavy atom. The van der Waals surface area contributed by atoms with Crippen LogP contribution in [0, 0.1) is 5.92 Å². The summed E-state index contributed by atoms with van der Waals surface area (Å²) in [7, 11) is 1.61. The van der Waals surface area contributed by atoms with Crippen molar-refractivity contribution >= 4 is 5.91 Å². The molecule has 0 aliphatic heterocycles. The first-order chi connectivity index (χ1) is 11.9. The lowest BCUT2D eigenvalue weighted by atomic mass is 10.1. The average Bonchev–Trinajstić information content (AvgIpc) is 3.10. The van der Waals surface area contributed by atoms with E-state index >= 15 is 0 Å². The molecule has 2 N–H and O–H groups in total. The molecule has 0 radical (unpaired) electrons. The third-order valence-electron chi connectivity index (χ3n) is 5.00. The molecule has 2 aliphatic carbocycles. The molecule has 0 bridgehead atoms. The topological polar surface area (TPSA) is 89.3 Å². The zero-order valence-corrected chi connectivity index (χ0v) is 14.6. The van der Waals surface area contributed by atoms with Crippen LogP contribution in [-0.4, -0.2) is 45.0 Å². The van der Waals surface area contributed by atoms with E-state index in [9.17, 15) is 9.90 Å². The molecule has 2 aromatic rings. The number of nitrogens with zero attached hydrogens (tertiary/aromatic N) is 3. The van der Waals surface area contributed by atoms with Gasteiger partial charge in [-0.3, -0.25) is 4.79 Å². The highest BCUT2D eigenvalue weighted by Crippen LogP contribution is 2.57. The number of ether oxygens (including phenoxy) is 1. The Morgan fingerprint density at radius 3 is 3.04 bits per heavy atom. The number of aromatic nitrogens is 3.